The number of hydrazine groups is 1. The number of nitrogens with zero attached hydrogens (tertiary/aromatic N) is 3. The van der Waals surface area contributed by atoms with E-state index in [0.29, 0.717) is 32.5 Å². The molecule has 1 atom stereocenters. The first-order chi connectivity index (χ1) is 7.59. The maximum absolute atomic E-state index is 11.6. The fourth-order valence-corrected chi connectivity index (χ4v) is 1.99. The highest BCUT2D eigenvalue weighted by Crippen LogP contribution is 2.18. The first-order valence-electron chi connectivity index (χ1n) is 5.48. The topological polar surface area (TPSA) is 53.1 Å². The molecule has 2 fully saturated rings. The van der Waals surface area contributed by atoms with E-state index in [4.69, 9.17) is 4.74 Å². The van der Waals surface area contributed by atoms with Crippen LogP contribution in [0.2, 0.25) is 0 Å². The quantitative estimate of drug-likeness (QED) is 0.582. The highest BCUT2D eigenvalue weighted by atomic mass is 16.5. The molecule has 0 aromatic rings. The summed E-state index contributed by atoms with van der Waals surface area (Å²) in [5.41, 5.74) is 0. The lowest BCUT2D eigenvalue weighted by Crippen LogP contribution is -2.56. The Kier molecular flexibility index (Phi) is 3.22. The maximum Gasteiger partial charge on any atom is 0.244 e. The van der Waals surface area contributed by atoms with Crippen LogP contribution < -0.4 is 0 Å². The predicted molar refractivity (Wildman–Crippen MR) is 56.1 cm³/mol. The first kappa shape index (κ1) is 11.5. The van der Waals surface area contributed by atoms with Crippen LogP contribution in [-0.2, 0) is 14.3 Å². The third kappa shape index (κ3) is 2.09. The molecule has 2 aliphatic heterocycles. The van der Waals surface area contributed by atoms with Crippen molar-refractivity contribution in [3.8, 4) is 0 Å². The number of ether oxygens (including phenoxy) is 1. The number of rotatable bonds is 2. The van der Waals surface area contributed by atoms with Crippen molar-refractivity contribution in [1.82, 2.24) is 14.9 Å². The molecule has 2 amide bonds. The molecule has 0 aromatic carbocycles. The molecule has 2 heterocycles. The molecule has 6 heteroatoms. The van der Waals surface area contributed by atoms with E-state index in [-0.39, 0.29) is 18.0 Å². The second-order valence-corrected chi connectivity index (χ2v) is 4.30. The number of likely N-dealkylation sites (N-methyl/N-ethyl adjacent to an activating group) is 1. The van der Waals surface area contributed by atoms with E-state index < -0.39 is 0 Å². The second-order valence-electron chi connectivity index (χ2n) is 4.30. The van der Waals surface area contributed by atoms with Gasteiger partial charge in [-0.25, -0.2) is 10.0 Å². The molecular formula is C10H17N3O3. The summed E-state index contributed by atoms with van der Waals surface area (Å²) in [5.74, 6) is -0.186. The van der Waals surface area contributed by atoms with Gasteiger partial charge in [0, 0.05) is 19.4 Å². The van der Waals surface area contributed by atoms with Gasteiger partial charge in [-0.3, -0.25) is 14.5 Å². The molecule has 2 saturated heterocycles. The number of hydrogen-bond donors (Lipinski definition) is 0. The Bertz CT molecular complexity index is 290. The van der Waals surface area contributed by atoms with E-state index >= 15 is 0 Å². The molecule has 90 valence electrons. The monoisotopic (exact) mass is 227 g/mol. The highest BCUT2D eigenvalue weighted by molar-refractivity contribution is 6.01. The van der Waals surface area contributed by atoms with E-state index in [2.05, 4.69) is 0 Å². The number of morpholine rings is 1. The summed E-state index contributed by atoms with van der Waals surface area (Å²) in [6, 6.07) is 0. The van der Waals surface area contributed by atoms with Crippen molar-refractivity contribution < 1.29 is 14.3 Å². The molecular weight excluding hydrogens is 210 g/mol. The normalized spacial score (nSPS) is 28.2. The number of carbonyl (C=O) groups excluding carboxylic acids is 2. The van der Waals surface area contributed by atoms with E-state index in [9.17, 15) is 9.59 Å². The summed E-state index contributed by atoms with van der Waals surface area (Å²) in [6.07, 6.45) is 0.612. The van der Waals surface area contributed by atoms with Gasteiger partial charge in [0.05, 0.1) is 13.2 Å². The van der Waals surface area contributed by atoms with Gasteiger partial charge in [-0.05, 0) is 14.1 Å². The average Bonchev–Trinajstić information content (AvgIpc) is 2.59. The number of amides is 2. The molecule has 0 saturated carbocycles. The summed E-state index contributed by atoms with van der Waals surface area (Å²) in [4.78, 5) is 25.1. The van der Waals surface area contributed by atoms with Gasteiger partial charge in [0.15, 0.2) is 0 Å². The van der Waals surface area contributed by atoms with Crippen molar-refractivity contribution >= 4 is 11.8 Å². The Morgan fingerprint density at radius 2 is 1.88 bits per heavy atom. The van der Waals surface area contributed by atoms with Crippen LogP contribution in [0.15, 0.2) is 0 Å². The van der Waals surface area contributed by atoms with Crippen molar-refractivity contribution in [3.05, 3.63) is 0 Å². The van der Waals surface area contributed by atoms with Crippen molar-refractivity contribution in [3.63, 3.8) is 0 Å². The van der Waals surface area contributed by atoms with Crippen molar-refractivity contribution in [2.24, 2.45) is 0 Å². The zero-order chi connectivity index (χ0) is 11.7. The van der Waals surface area contributed by atoms with Gasteiger partial charge in [0.25, 0.3) is 0 Å². The number of hydrogen-bond acceptors (Lipinski definition) is 5. The lowest BCUT2D eigenvalue weighted by atomic mass is 10.4. The molecule has 0 aliphatic carbocycles. The fraction of sp³-hybridized carbons (Fsp3) is 0.800. The lowest BCUT2D eigenvalue weighted by molar-refractivity contribution is -0.179. The number of carbonyl (C=O) groups is 2. The molecule has 0 bridgehead atoms. The summed E-state index contributed by atoms with van der Waals surface area (Å²) in [7, 11) is 3.84. The molecule has 6 nitrogen and oxygen atoms in total. The lowest BCUT2D eigenvalue weighted by Gasteiger charge is -2.39. The molecule has 2 rings (SSSR count). The average molecular weight is 227 g/mol. The van der Waals surface area contributed by atoms with Crippen LogP contribution in [0.5, 0.6) is 0 Å². The van der Waals surface area contributed by atoms with Crippen LogP contribution in [0.25, 0.3) is 0 Å². The van der Waals surface area contributed by atoms with Crippen LogP contribution in [0.3, 0.4) is 0 Å². The minimum absolute atomic E-state index is 0.0602. The van der Waals surface area contributed by atoms with Crippen LogP contribution in [0.4, 0.5) is 0 Å². The van der Waals surface area contributed by atoms with Crippen LogP contribution >= 0.6 is 0 Å². The minimum Gasteiger partial charge on any atom is -0.360 e. The van der Waals surface area contributed by atoms with Gasteiger partial charge in [0.1, 0.15) is 6.23 Å². The van der Waals surface area contributed by atoms with Crippen LogP contribution in [0, 0.1) is 0 Å². The predicted octanol–water partition coefficient (Wildman–Crippen LogP) is -0.730. The van der Waals surface area contributed by atoms with Gasteiger partial charge in [-0.15, -0.1) is 0 Å². The van der Waals surface area contributed by atoms with Gasteiger partial charge in [-0.2, -0.15) is 0 Å². The van der Waals surface area contributed by atoms with Crippen molar-refractivity contribution in [2.75, 3.05) is 33.8 Å². The zero-order valence-electron chi connectivity index (χ0n) is 9.68. The Hall–Kier alpha value is -0.980. The first-order valence-corrected chi connectivity index (χ1v) is 5.48. The van der Waals surface area contributed by atoms with Crippen LogP contribution in [-0.4, -0.2) is 66.8 Å². The minimum atomic E-state index is -0.0931. The molecule has 0 N–H and O–H groups in total. The van der Waals surface area contributed by atoms with Crippen molar-refractivity contribution in [1.29, 1.82) is 0 Å². The van der Waals surface area contributed by atoms with Crippen molar-refractivity contribution in [2.45, 2.75) is 19.1 Å². The smallest absolute Gasteiger partial charge is 0.244 e. The van der Waals surface area contributed by atoms with E-state index in [0.717, 1.165) is 0 Å². The molecule has 2 aliphatic rings. The standard InChI is InChI=1S/C10H17N3O3/c1-11(2)10-7-12(5-6-16-10)13-8(14)3-4-9(13)15/h10H,3-7H2,1-2H3. The Morgan fingerprint density at radius 3 is 2.44 bits per heavy atom. The third-order valence-electron chi connectivity index (χ3n) is 2.91. The Balaban J connectivity index is 2.04. The zero-order valence-corrected chi connectivity index (χ0v) is 9.68. The number of imide groups is 1. The molecule has 0 aromatic heterocycles. The third-order valence-corrected chi connectivity index (χ3v) is 2.91. The van der Waals surface area contributed by atoms with Gasteiger partial charge >= 0.3 is 0 Å². The van der Waals surface area contributed by atoms with Gasteiger partial charge in [-0.1, -0.05) is 0 Å². The Labute approximate surface area is 94.7 Å². The van der Waals surface area contributed by atoms with Gasteiger partial charge < -0.3 is 4.74 Å². The fourth-order valence-electron chi connectivity index (χ4n) is 1.99. The van der Waals surface area contributed by atoms with E-state index in [1.165, 1.54) is 5.01 Å². The molecule has 0 spiro atoms. The summed E-state index contributed by atoms with van der Waals surface area (Å²) in [5, 5.41) is 3.09. The highest BCUT2D eigenvalue weighted by Gasteiger charge is 2.36. The van der Waals surface area contributed by atoms with E-state index in [1.807, 2.05) is 19.0 Å². The Morgan fingerprint density at radius 1 is 1.25 bits per heavy atom. The largest absolute Gasteiger partial charge is 0.360 e. The maximum atomic E-state index is 11.6. The van der Waals surface area contributed by atoms with E-state index in [1.54, 1.807) is 5.01 Å². The molecule has 0 radical (unpaired) electrons. The molecule has 1 unspecified atom stereocenters. The van der Waals surface area contributed by atoms with Crippen LogP contribution in [0.1, 0.15) is 12.8 Å². The SMILES string of the molecule is CN(C)C1CN(N2C(=O)CCC2=O)CCO1. The summed E-state index contributed by atoms with van der Waals surface area (Å²) < 4.78 is 5.53. The molecule has 16 heavy (non-hydrogen) atoms. The summed E-state index contributed by atoms with van der Waals surface area (Å²) >= 11 is 0. The second kappa shape index (κ2) is 4.48. The van der Waals surface area contributed by atoms with Gasteiger partial charge in [0.2, 0.25) is 11.8 Å². The summed E-state index contributed by atoms with van der Waals surface area (Å²) in [6.45, 7) is 1.70.